The third kappa shape index (κ3) is 3.13. The van der Waals surface area contributed by atoms with Crippen LogP contribution in [0.1, 0.15) is 20.7 Å². The average molecular weight is 342 g/mol. The fourth-order valence-corrected chi connectivity index (χ4v) is 2.36. The van der Waals surface area contributed by atoms with E-state index in [-0.39, 0.29) is 21.7 Å². The minimum atomic E-state index is -0.713. The van der Waals surface area contributed by atoms with Crippen LogP contribution in [0.4, 0.5) is 0 Å². The van der Waals surface area contributed by atoms with Crippen molar-refractivity contribution in [1.82, 2.24) is 5.43 Å². The van der Waals surface area contributed by atoms with E-state index in [1.165, 1.54) is 0 Å². The molecule has 0 aliphatic heterocycles. The van der Waals surface area contributed by atoms with Gasteiger partial charge in [-0.1, -0.05) is 41.9 Å². The molecule has 1 aromatic heterocycles. The number of carbonyl (C=O) groups is 2. The molecular formula is C17H12ClN3O3. The van der Waals surface area contributed by atoms with E-state index >= 15 is 0 Å². The molecule has 2 amide bonds. The number of nitrogens with two attached hydrogens (primary N) is 1. The molecule has 1 heterocycles. The number of primary amides is 1. The van der Waals surface area contributed by atoms with E-state index in [2.05, 4.69) is 10.5 Å². The van der Waals surface area contributed by atoms with Crippen LogP contribution in [0, 0.1) is 0 Å². The predicted octanol–water partition coefficient (Wildman–Crippen LogP) is 2.43. The highest BCUT2D eigenvalue weighted by atomic mass is 35.5. The first-order valence-electron chi connectivity index (χ1n) is 6.97. The summed E-state index contributed by atoms with van der Waals surface area (Å²) in [6, 6.07) is 15.2. The quantitative estimate of drug-likeness (QED) is 0.716. The summed E-state index contributed by atoms with van der Waals surface area (Å²) in [5.74, 6) is -1.24. The molecule has 120 valence electrons. The number of benzene rings is 2. The Labute approximate surface area is 141 Å². The van der Waals surface area contributed by atoms with Gasteiger partial charge in [0.1, 0.15) is 11.1 Å². The lowest BCUT2D eigenvalue weighted by Crippen LogP contribution is -2.27. The van der Waals surface area contributed by atoms with E-state index in [4.69, 9.17) is 21.8 Å². The largest absolute Gasteiger partial charge is 0.436 e. The summed E-state index contributed by atoms with van der Waals surface area (Å²) in [5.41, 5.74) is 8.41. The maximum atomic E-state index is 12.1. The fraction of sp³-hybridized carbons (Fsp3) is 0. The summed E-state index contributed by atoms with van der Waals surface area (Å²) in [5, 5.41) is 4.85. The summed E-state index contributed by atoms with van der Waals surface area (Å²) in [6.07, 6.45) is 0. The summed E-state index contributed by atoms with van der Waals surface area (Å²) in [7, 11) is 0. The number of halogens is 1. The average Bonchev–Trinajstić information content (AvgIpc) is 2.59. The van der Waals surface area contributed by atoms with Gasteiger partial charge >= 0.3 is 0 Å². The van der Waals surface area contributed by atoms with Crippen LogP contribution in [0.2, 0.25) is 5.02 Å². The van der Waals surface area contributed by atoms with E-state index in [0.29, 0.717) is 11.0 Å². The molecule has 0 atom stereocenters. The molecule has 0 radical (unpaired) electrons. The Hall–Kier alpha value is -3.12. The van der Waals surface area contributed by atoms with Gasteiger partial charge in [-0.2, -0.15) is 0 Å². The number of fused-ring (bicyclic) bond motifs is 1. The molecule has 3 N–H and O–H groups in total. The van der Waals surface area contributed by atoms with Crippen molar-refractivity contribution in [2.75, 3.05) is 0 Å². The van der Waals surface area contributed by atoms with E-state index in [1.807, 2.05) is 0 Å². The Morgan fingerprint density at radius 2 is 1.75 bits per heavy atom. The topological polar surface area (TPSA) is 97.7 Å². The molecular weight excluding hydrogens is 330 g/mol. The molecule has 3 rings (SSSR count). The van der Waals surface area contributed by atoms with Crippen LogP contribution < -0.4 is 16.7 Å². The summed E-state index contributed by atoms with van der Waals surface area (Å²) in [4.78, 5) is 23.7. The van der Waals surface area contributed by atoms with Gasteiger partial charge in [-0.25, -0.2) is 5.43 Å². The second kappa shape index (κ2) is 6.55. The number of rotatable bonds is 3. The standard InChI is InChI=1S/C17H12ClN3O3/c18-13-7-3-2-6-11(13)16(23)20-21-17-12(15(19)22)9-10-5-1-4-8-14(10)24-17/h1-9H,(H2,19,22)(H,20,23)/b21-17+. The molecule has 0 aliphatic rings. The van der Waals surface area contributed by atoms with Crippen LogP contribution in [-0.2, 0) is 0 Å². The zero-order valence-corrected chi connectivity index (χ0v) is 13.1. The second-order valence-corrected chi connectivity index (χ2v) is 5.31. The zero-order chi connectivity index (χ0) is 17.1. The first-order chi connectivity index (χ1) is 11.6. The van der Waals surface area contributed by atoms with E-state index in [9.17, 15) is 9.59 Å². The SMILES string of the molecule is NC(=O)c1cc2ccccc2o/c1=N/NC(=O)c1ccccc1Cl. The van der Waals surface area contributed by atoms with Gasteiger partial charge < -0.3 is 10.2 Å². The molecule has 0 aliphatic carbocycles. The molecule has 6 nitrogen and oxygen atoms in total. The number of hydrogen-bond donors (Lipinski definition) is 2. The Bertz CT molecular complexity index is 1010. The molecule has 0 saturated heterocycles. The van der Waals surface area contributed by atoms with Crippen LogP contribution in [0.5, 0.6) is 0 Å². The molecule has 24 heavy (non-hydrogen) atoms. The molecule has 7 heteroatoms. The first-order valence-corrected chi connectivity index (χ1v) is 7.35. The van der Waals surface area contributed by atoms with Crippen LogP contribution >= 0.6 is 11.6 Å². The van der Waals surface area contributed by atoms with Crippen molar-refractivity contribution in [3.05, 3.63) is 76.3 Å². The van der Waals surface area contributed by atoms with E-state index in [1.54, 1.807) is 54.6 Å². The van der Waals surface area contributed by atoms with Gasteiger partial charge in [0.15, 0.2) is 0 Å². The lowest BCUT2D eigenvalue weighted by molar-refractivity contribution is 0.0946. The Morgan fingerprint density at radius 3 is 2.50 bits per heavy atom. The van der Waals surface area contributed by atoms with Gasteiger partial charge in [0, 0.05) is 5.39 Å². The number of amides is 2. The van der Waals surface area contributed by atoms with Crippen molar-refractivity contribution in [3.8, 4) is 0 Å². The van der Waals surface area contributed by atoms with E-state index < -0.39 is 11.8 Å². The van der Waals surface area contributed by atoms with E-state index in [0.717, 1.165) is 0 Å². The van der Waals surface area contributed by atoms with Gasteiger partial charge in [-0.05, 0) is 24.3 Å². The smallest absolute Gasteiger partial charge is 0.272 e. The van der Waals surface area contributed by atoms with Crippen LogP contribution in [-0.4, -0.2) is 11.8 Å². The maximum Gasteiger partial charge on any atom is 0.272 e. The third-order valence-corrected chi connectivity index (χ3v) is 3.63. The molecule has 0 saturated carbocycles. The highest BCUT2D eigenvalue weighted by Gasteiger charge is 2.11. The minimum absolute atomic E-state index is 0.0631. The highest BCUT2D eigenvalue weighted by molar-refractivity contribution is 6.33. The number of carbonyl (C=O) groups excluding carboxylic acids is 2. The Balaban J connectivity index is 2.03. The van der Waals surface area contributed by atoms with Crippen molar-refractivity contribution in [3.63, 3.8) is 0 Å². The number of para-hydroxylation sites is 1. The lowest BCUT2D eigenvalue weighted by Gasteiger charge is -2.03. The molecule has 2 aromatic carbocycles. The number of hydrogen-bond acceptors (Lipinski definition) is 4. The van der Waals surface area contributed by atoms with Crippen molar-refractivity contribution in [2.24, 2.45) is 10.8 Å². The molecule has 0 spiro atoms. The number of nitrogens with zero attached hydrogens (tertiary/aromatic N) is 1. The van der Waals surface area contributed by atoms with Crippen LogP contribution in [0.25, 0.3) is 11.0 Å². The van der Waals surface area contributed by atoms with Gasteiger partial charge in [0.2, 0.25) is 5.55 Å². The fourth-order valence-electron chi connectivity index (χ4n) is 2.14. The predicted molar refractivity (Wildman–Crippen MR) is 89.2 cm³/mol. The highest BCUT2D eigenvalue weighted by Crippen LogP contribution is 2.15. The van der Waals surface area contributed by atoms with Gasteiger partial charge in [0.25, 0.3) is 11.8 Å². The maximum absolute atomic E-state index is 12.1. The monoisotopic (exact) mass is 341 g/mol. The summed E-state index contributed by atoms with van der Waals surface area (Å²) >= 11 is 5.96. The molecule has 0 bridgehead atoms. The van der Waals surface area contributed by atoms with Crippen molar-refractivity contribution >= 4 is 34.4 Å². The van der Waals surface area contributed by atoms with Crippen LogP contribution in [0.15, 0.2) is 64.1 Å². The van der Waals surface area contributed by atoms with Crippen LogP contribution in [0.3, 0.4) is 0 Å². The van der Waals surface area contributed by atoms with Gasteiger partial charge in [-0.3, -0.25) is 9.59 Å². The number of nitrogens with one attached hydrogen (secondary N) is 1. The van der Waals surface area contributed by atoms with Crippen molar-refractivity contribution < 1.29 is 14.0 Å². The van der Waals surface area contributed by atoms with Gasteiger partial charge in [-0.15, -0.1) is 5.10 Å². The van der Waals surface area contributed by atoms with Crippen molar-refractivity contribution in [1.29, 1.82) is 0 Å². The molecule has 3 aromatic rings. The zero-order valence-electron chi connectivity index (χ0n) is 12.3. The lowest BCUT2D eigenvalue weighted by atomic mass is 10.2. The summed E-state index contributed by atoms with van der Waals surface area (Å²) in [6.45, 7) is 0. The second-order valence-electron chi connectivity index (χ2n) is 4.90. The van der Waals surface area contributed by atoms with Gasteiger partial charge in [0.05, 0.1) is 10.6 Å². The molecule has 0 fully saturated rings. The Morgan fingerprint density at radius 1 is 1.04 bits per heavy atom. The third-order valence-electron chi connectivity index (χ3n) is 3.30. The normalized spacial score (nSPS) is 11.5. The Kier molecular flexibility index (Phi) is 4.31. The molecule has 0 unspecified atom stereocenters. The first kappa shape index (κ1) is 15.8. The summed E-state index contributed by atoms with van der Waals surface area (Å²) < 4.78 is 5.56. The van der Waals surface area contributed by atoms with Crippen molar-refractivity contribution in [2.45, 2.75) is 0 Å². The minimum Gasteiger partial charge on any atom is -0.436 e.